The van der Waals surface area contributed by atoms with Gasteiger partial charge < -0.3 is 9.88 Å². The van der Waals surface area contributed by atoms with Crippen molar-refractivity contribution in [2.75, 3.05) is 5.32 Å². The van der Waals surface area contributed by atoms with Crippen LogP contribution in [0.25, 0.3) is 11.3 Å². The van der Waals surface area contributed by atoms with Crippen LogP contribution < -0.4 is 5.32 Å². The number of rotatable bonds is 7. The third kappa shape index (κ3) is 4.12. The van der Waals surface area contributed by atoms with E-state index in [9.17, 15) is 4.79 Å². The highest BCUT2D eigenvalue weighted by molar-refractivity contribution is 8.00. The molecule has 8 heteroatoms. The zero-order valence-corrected chi connectivity index (χ0v) is 17.8. The molecule has 1 aliphatic carbocycles. The first kappa shape index (κ1) is 19.1. The van der Waals surface area contributed by atoms with Gasteiger partial charge in [0.05, 0.1) is 10.9 Å². The summed E-state index contributed by atoms with van der Waals surface area (Å²) in [6, 6.07) is 8.87. The highest BCUT2D eigenvalue weighted by Crippen LogP contribution is 2.39. The Hall–Kier alpha value is -2.19. The lowest BCUT2D eigenvalue weighted by Gasteiger charge is -2.11. The molecule has 3 aromatic rings. The molecule has 1 fully saturated rings. The Morgan fingerprint density at radius 3 is 2.75 bits per heavy atom. The Balaban J connectivity index is 1.40. The van der Waals surface area contributed by atoms with Gasteiger partial charge in [0.15, 0.2) is 10.3 Å². The summed E-state index contributed by atoms with van der Waals surface area (Å²) >= 11 is 2.89. The average Bonchev–Trinajstić information content (AvgIpc) is 3.32. The van der Waals surface area contributed by atoms with Crippen LogP contribution in [0.3, 0.4) is 0 Å². The third-order valence-corrected chi connectivity index (χ3v) is 6.61. The molecule has 1 amide bonds. The van der Waals surface area contributed by atoms with Crippen molar-refractivity contribution in [3.63, 3.8) is 0 Å². The number of aromatic nitrogens is 4. The molecule has 1 atom stereocenters. The van der Waals surface area contributed by atoms with Crippen LogP contribution >= 0.6 is 23.1 Å². The Morgan fingerprint density at radius 2 is 2.07 bits per heavy atom. The van der Waals surface area contributed by atoms with Crippen molar-refractivity contribution in [1.82, 2.24) is 19.7 Å². The Kier molecular flexibility index (Phi) is 5.50. The molecule has 4 rings (SSSR count). The number of nitrogens with zero attached hydrogens (tertiary/aromatic N) is 4. The monoisotopic (exact) mass is 413 g/mol. The second-order valence-electron chi connectivity index (χ2n) is 6.97. The first-order chi connectivity index (χ1) is 13.5. The summed E-state index contributed by atoms with van der Waals surface area (Å²) < 4.78 is 2.15. The molecule has 1 aromatic carbocycles. The van der Waals surface area contributed by atoms with Gasteiger partial charge in [0.25, 0.3) is 0 Å². The minimum absolute atomic E-state index is 0.0739. The summed E-state index contributed by atoms with van der Waals surface area (Å²) in [6.07, 6.45) is 3.34. The molecule has 6 nitrogen and oxygen atoms in total. The molecular weight excluding hydrogens is 390 g/mol. The quantitative estimate of drug-likeness (QED) is 0.567. The number of anilines is 1. The lowest BCUT2D eigenvalue weighted by Crippen LogP contribution is -2.22. The van der Waals surface area contributed by atoms with Crippen molar-refractivity contribution >= 4 is 34.1 Å². The predicted octanol–water partition coefficient (Wildman–Crippen LogP) is 4.73. The lowest BCUT2D eigenvalue weighted by molar-refractivity contribution is -0.115. The smallest absolute Gasteiger partial charge is 0.239 e. The number of benzene rings is 1. The zero-order chi connectivity index (χ0) is 19.7. The normalized spacial score (nSPS) is 14.8. The summed E-state index contributed by atoms with van der Waals surface area (Å²) in [5.41, 5.74) is 3.24. The van der Waals surface area contributed by atoms with Crippen molar-refractivity contribution in [2.45, 2.75) is 56.5 Å². The fraction of sp³-hybridized carbons (Fsp3) is 0.400. The number of amides is 1. The summed E-state index contributed by atoms with van der Waals surface area (Å²) in [7, 11) is 0. The highest BCUT2D eigenvalue weighted by Gasteiger charge is 2.30. The molecule has 0 bridgehead atoms. The second kappa shape index (κ2) is 8.05. The van der Waals surface area contributed by atoms with E-state index in [4.69, 9.17) is 0 Å². The summed E-state index contributed by atoms with van der Waals surface area (Å²) in [4.78, 5) is 17.2. The fourth-order valence-corrected chi connectivity index (χ4v) is 4.66. The standard InChI is InChI=1S/C20H23N5OS2/c1-4-14-5-7-15(8-6-14)17-11-27-19(21-17)22-18(26)12(2)28-20-24-23-13(3)25(20)16-9-10-16/h5-8,11-12,16H,4,9-10H2,1-3H3,(H,21,22,26)/t12-/m0/s1. The van der Waals surface area contributed by atoms with Crippen LogP contribution in [0.1, 0.15) is 44.1 Å². The predicted molar refractivity (Wildman–Crippen MR) is 114 cm³/mol. The van der Waals surface area contributed by atoms with Gasteiger partial charge in [-0.15, -0.1) is 21.5 Å². The first-order valence-corrected chi connectivity index (χ1v) is 11.2. The lowest BCUT2D eigenvalue weighted by atomic mass is 10.1. The van der Waals surface area contributed by atoms with Gasteiger partial charge in [-0.1, -0.05) is 43.0 Å². The first-order valence-electron chi connectivity index (χ1n) is 9.49. The van der Waals surface area contributed by atoms with Crippen molar-refractivity contribution in [2.24, 2.45) is 0 Å². The van der Waals surface area contributed by atoms with Gasteiger partial charge in [0, 0.05) is 17.0 Å². The molecule has 1 N–H and O–H groups in total. The van der Waals surface area contributed by atoms with E-state index in [2.05, 4.69) is 56.3 Å². The second-order valence-corrected chi connectivity index (χ2v) is 9.13. The van der Waals surface area contributed by atoms with Crippen molar-refractivity contribution in [3.05, 3.63) is 41.0 Å². The maximum atomic E-state index is 12.6. The Morgan fingerprint density at radius 1 is 1.32 bits per heavy atom. The van der Waals surface area contributed by atoms with E-state index in [1.807, 2.05) is 19.2 Å². The molecule has 0 aliphatic heterocycles. The molecule has 0 unspecified atom stereocenters. The van der Waals surface area contributed by atoms with Gasteiger partial charge in [-0.2, -0.15) is 0 Å². The van der Waals surface area contributed by atoms with E-state index in [0.717, 1.165) is 41.5 Å². The van der Waals surface area contributed by atoms with Crippen molar-refractivity contribution in [1.29, 1.82) is 0 Å². The molecule has 0 radical (unpaired) electrons. The van der Waals surface area contributed by atoms with E-state index >= 15 is 0 Å². The van der Waals surface area contributed by atoms with Crippen LogP contribution in [0, 0.1) is 6.92 Å². The molecule has 28 heavy (non-hydrogen) atoms. The van der Waals surface area contributed by atoms with E-state index in [1.54, 1.807) is 0 Å². The highest BCUT2D eigenvalue weighted by atomic mass is 32.2. The Bertz CT molecular complexity index is 975. The molecular formula is C20H23N5OS2. The number of thioether (sulfide) groups is 1. The zero-order valence-electron chi connectivity index (χ0n) is 16.2. The molecule has 0 saturated heterocycles. The van der Waals surface area contributed by atoms with Gasteiger partial charge >= 0.3 is 0 Å². The van der Waals surface area contributed by atoms with Crippen LogP contribution in [0.15, 0.2) is 34.8 Å². The number of carbonyl (C=O) groups is 1. The minimum atomic E-state index is -0.280. The van der Waals surface area contributed by atoms with Crippen LogP contribution in [0.4, 0.5) is 5.13 Å². The summed E-state index contributed by atoms with van der Waals surface area (Å²) in [5, 5.41) is 14.5. The van der Waals surface area contributed by atoms with Gasteiger partial charge in [0.2, 0.25) is 5.91 Å². The molecule has 1 aliphatic rings. The molecule has 2 aromatic heterocycles. The molecule has 0 spiro atoms. The molecule has 1 saturated carbocycles. The Labute approximate surface area is 172 Å². The van der Waals surface area contributed by atoms with Gasteiger partial charge in [-0.05, 0) is 38.7 Å². The molecule has 2 heterocycles. The van der Waals surface area contributed by atoms with E-state index < -0.39 is 0 Å². The largest absolute Gasteiger partial charge is 0.303 e. The van der Waals surface area contributed by atoms with Crippen LogP contribution in [-0.4, -0.2) is 30.9 Å². The SMILES string of the molecule is CCc1ccc(-c2csc(NC(=O)[C@H](C)Sc3nnc(C)n3C3CC3)n2)cc1. The van der Waals surface area contributed by atoms with E-state index in [-0.39, 0.29) is 11.2 Å². The summed E-state index contributed by atoms with van der Waals surface area (Å²) in [6.45, 7) is 5.99. The van der Waals surface area contributed by atoms with Gasteiger partial charge in [-0.25, -0.2) is 4.98 Å². The topological polar surface area (TPSA) is 72.7 Å². The van der Waals surface area contributed by atoms with Crippen LogP contribution in [-0.2, 0) is 11.2 Å². The van der Waals surface area contributed by atoms with E-state index in [1.165, 1.54) is 28.7 Å². The van der Waals surface area contributed by atoms with Crippen molar-refractivity contribution in [3.8, 4) is 11.3 Å². The number of thiazole rings is 1. The third-order valence-electron chi connectivity index (χ3n) is 4.79. The average molecular weight is 414 g/mol. The van der Waals surface area contributed by atoms with E-state index in [0.29, 0.717) is 11.2 Å². The minimum Gasteiger partial charge on any atom is -0.303 e. The fourth-order valence-electron chi connectivity index (χ4n) is 2.98. The number of aryl methyl sites for hydroxylation is 2. The van der Waals surface area contributed by atoms with Gasteiger partial charge in [0.1, 0.15) is 5.82 Å². The maximum Gasteiger partial charge on any atom is 0.239 e. The number of hydrogen-bond donors (Lipinski definition) is 1. The summed E-state index contributed by atoms with van der Waals surface area (Å²) in [5.74, 6) is 0.839. The maximum absolute atomic E-state index is 12.6. The molecule has 146 valence electrons. The number of hydrogen-bond acceptors (Lipinski definition) is 6. The van der Waals surface area contributed by atoms with Crippen molar-refractivity contribution < 1.29 is 4.79 Å². The number of nitrogens with one attached hydrogen (secondary N) is 1. The van der Waals surface area contributed by atoms with Crippen LogP contribution in [0.2, 0.25) is 0 Å². The number of carbonyl (C=O) groups excluding carboxylic acids is 1. The van der Waals surface area contributed by atoms with Gasteiger partial charge in [-0.3, -0.25) is 4.79 Å². The van der Waals surface area contributed by atoms with Crippen LogP contribution in [0.5, 0.6) is 0 Å².